The smallest absolute Gasteiger partial charge is 0.128 e. The van der Waals surface area contributed by atoms with Crippen LogP contribution in [0.4, 0.5) is 4.39 Å². The molecule has 0 radical (unpaired) electrons. The minimum atomic E-state index is -0.196. The van der Waals surface area contributed by atoms with Gasteiger partial charge in [-0.3, -0.25) is 4.99 Å². The number of hydrogen-bond acceptors (Lipinski definition) is 2. The van der Waals surface area contributed by atoms with Crippen LogP contribution in [-0.2, 0) is 0 Å². The summed E-state index contributed by atoms with van der Waals surface area (Å²) >= 11 is 0. The zero-order valence-electron chi connectivity index (χ0n) is 8.34. The molecule has 1 aliphatic rings. The summed E-state index contributed by atoms with van der Waals surface area (Å²) in [7, 11) is 0. The number of benzene rings is 1. The lowest BCUT2D eigenvalue weighted by molar-refractivity contribution is 0.626. The summed E-state index contributed by atoms with van der Waals surface area (Å²) in [5.41, 5.74) is 1.92. The first-order valence-corrected chi connectivity index (χ1v) is 4.74. The molecule has 1 aliphatic heterocycles. The number of nitrogens with zero attached hydrogens (tertiary/aromatic N) is 1. The molecule has 0 saturated heterocycles. The molecular weight excluding hydrogens is 179 g/mol. The van der Waals surface area contributed by atoms with Crippen LogP contribution in [0.2, 0.25) is 0 Å². The SMILES string of the molecule is Cc1cc(F)ccc1C1=NCC(C)N1. The van der Waals surface area contributed by atoms with Gasteiger partial charge in [0, 0.05) is 11.6 Å². The van der Waals surface area contributed by atoms with Crippen molar-refractivity contribution < 1.29 is 4.39 Å². The van der Waals surface area contributed by atoms with Crippen LogP contribution in [0, 0.1) is 12.7 Å². The van der Waals surface area contributed by atoms with E-state index in [0.717, 1.165) is 23.5 Å². The molecule has 0 saturated carbocycles. The molecule has 1 aromatic carbocycles. The predicted molar refractivity (Wildman–Crippen MR) is 55.1 cm³/mol. The molecule has 0 bridgehead atoms. The molecule has 14 heavy (non-hydrogen) atoms. The summed E-state index contributed by atoms with van der Waals surface area (Å²) in [5, 5.41) is 3.26. The van der Waals surface area contributed by atoms with Gasteiger partial charge in [-0.25, -0.2) is 4.39 Å². The first-order chi connectivity index (χ1) is 6.66. The van der Waals surface area contributed by atoms with E-state index in [1.807, 2.05) is 6.92 Å². The number of rotatable bonds is 1. The minimum Gasteiger partial charge on any atom is -0.366 e. The Kier molecular flexibility index (Phi) is 2.23. The third kappa shape index (κ3) is 1.62. The van der Waals surface area contributed by atoms with E-state index in [1.54, 1.807) is 6.07 Å². The molecule has 0 fully saturated rings. The Hall–Kier alpha value is -1.38. The Bertz CT molecular complexity index is 385. The summed E-state index contributed by atoms with van der Waals surface area (Å²) in [4.78, 5) is 4.36. The molecule has 0 spiro atoms. The van der Waals surface area contributed by atoms with Crippen molar-refractivity contribution >= 4 is 5.84 Å². The summed E-state index contributed by atoms with van der Waals surface area (Å²) < 4.78 is 12.9. The number of halogens is 1. The van der Waals surface area contributed by atoms with E-state index < -0.39 is 0 Å². The van der Waals surface area contributed by atoms with Gasteiger partial charge in [0.15, 0.2) is 0 Å². The second-order valence-electron chi connectivity index (χ2n) is 3.69. The van der Waals surface area contributed by atoms with Crippen LogP contribution in [0.3, 0.4) is 0 Å². The van der Waals surface area contributed by atoms with E-state index in [2.05, 4.69) is 17.2 Å². The Morgan fingerprint density at radius 1 is 1.50 bits per heavy atom. The van der Waals surface area contributed by atoms with Gasteiger partial charge in [0.25, 0.3) is 0 Å². The molecule has 3 heteroatoms. The normalized spacial score (nSPS) is 20.5. The molecule has 1 N–H and O–H groups in total. The van der Waals surface area contributed by atoms with E-state index >= 15 is 0 Å². The minimum absolute atomic E-state index is 0.196. The lowest BCUT2D eigenvalue weighted by Crippen LogP contribution is -2.28. The van der Waals surface area contributed by atoms with Crippen LogP contribution in [0.25, 0.3) is 0 Å². The highest BCUT2D eigenvalue weighted by Gasteiger charge is 2.15. The maximum Gasteiger partial charge on any atom is 0.128 e. The van der Waals surface area contributed by atoms with E-state index in [1.165, 1.54) is 12.1 Å². The number of nitrogens with one attached hydrogen (secondary N) is 1. The maximum atomic E-state index is 12.9. The van der Waals surface area contributed by atoms with Crippen molar-refractivity contribution in [2.75, 3.05) is 6.54 Å². The molecular formula is C11H13FN2. The summed E-state index contributed by atoms with van der Waals surface area (Å²) in [6.07, 6.45) is 0. The number of hydrogen-bond donors (Lipinski definition) is 1. The van der Waals surface area contributed by atoms with Gasteiger partial charge in [0.05, 0.1) is 6.54 Å². The second kappa shape index (κ2) is 3.40. The molecule has 0 aliphatic carbocycles. The van der Waals surface area contributed by atoms with Gasteiger partial charge in [-0.1, -0.05) is 0 Å². The van der Waals surface area contributed by atoms with Crippen LogP contribution in [0.1, 0.15) is 18.1 Å². The van der Waals surface area contributed by atoms with E-state index in [0.29, 0.717) is 6.04 Å². The fraction of sp³-hybridized carbons (Fsp3) is 0.364. The van der Waals surface area contributed by atoms with Gasteiger partial charge in [-0.15, -0.1) is 0 Å². The lowest BCUT2D eigenvalue weighted by Gasteiger charge is -2.08. The van der Waals surface area contributed by atoms with Gasteiger partial charge in [-0.05, 0) is 37.6 Å². The molecule has 1 atom stereocenters. The standard InChI is InChI=1S/C11H13FN2/c1-7-5-9(12)3-4-10(7)11-13-6-8(2)14-11/h3-5,8H,6H2,1-2H3,(H,13,14). The Labute approximate surface area is 82.9 Å². The van der Waals surface area contributed by atoms with Crippen molar-refractivity contribution in [3.05, 3.63) is 35.1 Å². The third-order valence-corrected chi connectivity index (χ3v) is 2.35. The van der Waals surface area contributed by atoms with Crippen molar-refractivity contribution in [3.8, 4) is 0 Å². The Morgan fingerprint density at radius 3 is 2.86 bits per heavy atom. The van der Waals surface area contributed by atoms with Crippen molar-refractivity contribution in [3.63, 3.8) is 0 Å². The summed E-state index contributed by atoms with van der Waals surface area (Å²) in [5.74, 6) is 0.688. The monoisotopic (exact) mass is 192 g/mol. The highest BCUT2D eigenvalue weighted by atomic mass is 19.1. The Balaban J connectivity index is 2.33. The molecule has 1 aromatic rings. The summed E-state index contributed by atoms with van der Waals surface area (Å²) in [6, 6.07) is 5.15. The van der Waals surface area contributed by atoms with Crippen LogP contribution in [0.5, 0.6) is 0 Å². The quantitative estimate of drug-likeness (QED) is 0.721. The molecule has 0 amide bonds. The topological polar surface area (TPSA) is 24.4 Å². The highest BCUT2D eigenvalue weighted by Crippen LogP contribution is 2.13. The van der Waals surface area contributed by atoms with Crippen molar-refractivity contribution in [1.29, 1.82) is 0 Å². The van der Waals surface area contributed by atoms with Gasteiger partial charge < -0.3 is 5.32 Å². The molecule has 1 heterocycles. The van der Waals surface area contributed by atoms with Gasteiger partial charge >= 0.3 is 0 Å². The number of aliphatic imine (C=N–C) groups is 1. The average Bonchev–Trinajstić information content (AvgIpc) is 2.51. The second-order valence-corrected chi connectivity index (χ2v) is 3.69. The van der Waals surface area contributed by atoms with Crippen LogP contribution >= 0.6 is 0 Å². The molecule has 74 valence electrons. The fourth-order valence-electron chi connectivity index (χ4n) is 1.61. The van der Waals surface area contributed by atoms with Crippen LogP contribution < -0.4 is 5.32 Å². The molecule has 2 rings (SSSR count). The van der Waals surface area contributed by atoms with E-state index in [9.17, 15) is 4.39 Å². The first kappa shape index (κ1) is 9.19. The van der Waals surface area contributed by atoms with Crippen LogP contribution in [0.15, 0.2) is 23.2 Å². The molecule has 1 unspecified atom stereocenters. The van der Waals surface area contributed by atoms with Crippen molar-refractivity contribution in [1.82, 2.24) is 5.32 Å². The van der Waals surface area contributed by atoms with Crippen molar-refractivity contribution in [2.24, 2.45) is 4.99 Å². The zero-order valence-corrected chi connectivity index (χ0v) is 8.34. The average molecular weight is 192 g/mol. The number of aryl methyl sites for hydroxylation is 1. The van der Waals surface area contributed by atoms with Gasteiger partial charge in [0.1, 0.15) is 11.7 Å². The number of amidine groups is 1. The van der Waals surface area contributed by atoms with Crippen LogP contribution in [-0.4, -0.2) is 18.4 Å². The van der Waals surface area contributed by atoms with Gasteiger partial charge in [0.2, 0.25) is 0 Å². The zero-order chi connectivity index (χ0) is 10.1. The van der Waals surface area contributed by atoms with Crippen molar-refractivity contribution in [2.45, 2.75) is 19.9 Å². The van der Waals surface area contributed by atoms with E-state index in [-0.39, 0.29) is 5.82 Å². The van der Waals surface area contributed by atoms with E-state index in [4.69, 9.17) is 0 Å². The lowest BCUT2D eigenvalue weighted by atomic mass is 10.1. The van der Waals surface area contributed by atoms with Gasteiger partial charge in [-0.2, -0.15) is 0 Å². The molecule has 2 nitrogen and oxygen atoms in total. The highest BCUT2D eigenvalue weighted by molar-refractivity contribution is 6.01. The third-order valence-electron chi connectivity index (χ3n) is 2.35. The summed E-state index contributed by atoms with van der Waals surface area (Å²) in [6.45, 7) is 4.77. The molecule has 0 aromatic heterocycles. The maximum absolute atomic E-state index is 12.9. The predicted octanol–water partition coefficient (Wildman–Crippen LogP) is 1.87. The largest absolute Gasteiger partial charge is 0.366 e. The first-order valence-electron chi connectivity index (χ1n) is 4.74. The Morgan fingerprint density at radius 2 is 2.29 bits per heavy atom. The fourth-order valence-corrected chi connectivity index (χ4v) is 1.61.